The predicted octanol–water partition coefficient (Wildman–Crippen LogP) is 0.715. The van der Waals surface area contributed by atoms with E-state index in [0.717, 1.165) is 0 Å². The van der Waals surface area contributed by atoms with E-state index in [0.29, 0.717) is 54.5 Å². The largest absolute Gasteiger partial charge is 0.494 e. The average Bonchev–Trinajstić information content (AvgIpc) is 3.59. The number of aromatic amines is 1. The van der Waals surface area contributed by atoms with E-state index < -0.39 is 11.7 Å². The normalized spacial score (nSPS) is 19.5. The Kier molecular flexibility index (Phi) is 5.22. The van der Waals surface area contributed by atoms with Crippen molar-refractivity contribution >= 4 is 28.6 Å². The Morgan fingerprint density at radius 2 is 1.76 bits per heavy atom. The minimum absolute atomic E-state index is 0.0266. The highest BCUT2D eigenvalue weighted by Crippen LogP contribution is 2.34. The molecular weight excluding hydrogens is 440 g/mol. The van der Waals surface area contributed by atoms with Crippen molar-refractivity contribution in [3.05, 3.63) is 30.1 Å². The number of likely N-dealkylation sites (tertiary alicyclic amines) is 2. The molecular formula is C22H26N8O4. The summed E-state index contributed by atoms with van der Waals surface area (Å²) in [5, 5.41) is 4.77. The molecule has 12 nitrogen and oxygen atoms in total. The van der Waals surface area contributed by atoms with Gasteiger partial charge in [-0.1, -0.05) is 0 Å². The maximum atomic E-state index is 13.3. The number of nitrogens with one attached hydrogen (secondary N) is 1. The first-order valence-electron chi connectivity index (χ1n) is 11.0. The van der Waals surface area contributed by atoms with Gasteiger partial charge in [0.1, 0.15) is 17.9 Å². The van der Waals surface area contributed by atoms with Crippen molar-refractivity contribution in [2.24, 2.45) is 11.8 Å². The van der Waals surface area contributed by atoms with Crippen molar-refractivity contribution in [3.8, 4) is 11.6 Å². The predicted molar refractivity (Wildman–Crippen MR) is 121 cm³/mol. The number of pyridine rings is 1. The summed E-state index contributed by atoms with van der Waals surface area (Å²) in [6.07, 6.45) is 4.54. The van der Waals surface area contributed by atoms with Crippen LogP contribution in [0.4, 0.5) is 4.79 Å². The van der Waals surface area contributed by atoms with Gasteiger partial charge in [0.2, 0.25) is 0 Å². The average molecular weight is 467 g/mol. The molecule has 0 spiro atoms. The van der Waals surface area contributed by atoms with Crippen LogP contribution in [0, 0.1) is 18.8 Å². The van der Waals surface area contributed by atoms with Gasteiger partial charge in [-0.15, -0.1) is 0 Å². The van der Waals surface area contributed by atoms with E-state index in [1.54, 1.807) is 30.8 Å². The SMILES string of the molecule is COc1cnc(-n2cnc(C)n2)c2[nH]cc(C(=O)C(=O)N3CC4CN(C(=O)N(C)C)CC4C3)c12. The number of hydrogen-bond acceptors (Lipinski definition) is 7. The Morgan fingerprint density at radius 1 is 1.09 bits per heavy atom. The quantitative estimate of drug-likeness (QED) is 0.443. The topological polar surface area (TPSA) is 130 Å². The highest BCUT2D eigenvalue weighted by molar-refractivity contribution is 6.45. The summed E-state index contributed by atoms with van der Waals surface area (Å²) in [6, 6.07) is -0.0266. The molecule has 2 unspecified atom stereocenters. The molecule has 0 aromatic carbocycles. The number of methoxy groups -OCH3 is 1. The number of amides is 3. The number of ketones is 1. The third kappa shape index (κ3) is 3.45. The van der Waals surface area contributed by atoms with E-state index in [-0.39, 0.29) is 23.4 Å². The highest BCUT2D eigenvalue weighted by atomic mass is 16.5. The van der Waals surface area contributed by atoms with Crippen molar-refractivity contribution in [2.45, 2.75) is 6.92 Å². The van der Waals surface area contributed by atoms with E-state index in [1.165, 1.54) is 30.5 Å². The maximum Gasteiger partial charge on any atom is 0.319 e. The van der Waals surface area contributed by atoms with E-state index in [4.69, 9.17) is 4.74 Å². The van der Waals surface area contributed by atoms with Crippen molar-refractivity contribution in [1.82, 2.24) is 39.4 Å². The van der Waals surface area contributed by atoms with Gasteiger partial charge in [0, 0.05) is 58.3 Å². The number of hydrogen-bond donors (Lipinski definition) is 1. The third-order valence-electron chi connectivity index (χ3n) is 6.56. The minimum atomic E-state index is -0.613. The van der Waals surface area contributed by atoms with E-state index in [9.17, 15) is 14.4 Å². The second-order valence-corrected chi connectivity index (χ2v) is 8.98. The van der Waals surface area contributed by atoms with Crippen LogP contribution in [-0.4, -0.2) is 105 Å². The first kappa shape index (κ1) is 21.9. The van der Waals surface area contributed by atoms with Gasteiger partial charge in [0.25, 0.3) is 11.7 Å². The van der Waals surface area contributed by atoms with Crippen molar-refractivity contribution in [1.29, 1.82) is 0 Å². The number of rotatable bonds is 4. The van der Waals surface area contributed by atoms with Gasteiger partial charge < -0.3 is 24.4 Å². The smallest absolute Gasteiger partial charge is 0.319 e. The molecule has 1 N–H and O–H groups in total. The number of fused-ring (bicyclic) bond motifs is 2. The fourth-order valence-electron chi connectivity index (χ4n) is 4.92. The molecule has 0 radical (unpaired) electrons. The Morgan fingerprint density at radius 3 is 2.35 bits per heavy atom. The number of H-pyrrole nitrogens is 1. The number of Topliss-reactive ketones (excluding diaryl/α,β-unsaturated/α-hetero) is 1. The molecule has 5 heterocycles. The zero-order chi connectivity index (χ0) is 24.1. The van der Waals surface area contributed by atoms with E-state index >= 15 is 0 Å². The molecule has 2 atom stereocenters. The van der Waals surface area contributed by atoms with Crippen molar-refractivity contribution < 1.29 is 19.1 Å². The second kappa shape index (κ2) is 8.12. The van der Waals surface area contributed by atoms with Gasteiger partial charge in [-0.2, -0.15) is 5.10 Å². The summed E-state index contributed by atoms with van der Waals surface area (Å²) < 4.78 is 6.95. The summed E-state index contributed by atoms with van der Waals surface area (Å²) in [4.78, 5) is 55.3. The van der Waals surface area contributed by atoms with Gasteiger partial charge in [-0.25, -0.2) is 19.4 Å². The van der Waals surface area contributed by atoms with Crippen LogP contribution in [0.25, 0.3) is 16.7 Å². The lowest BCUT2D eigenvalue weighted by atomic mass is 10.0. The van der Waals surface area contributed by atoms with Gasteiger partial charge in [0.05, 0.1) is 29.8 Å². The Hall–Kier alpha value is -3.96. The molecule has 5 rings (SSSR count). The molecule has 34 heavy (non-hydrogen) atoms. The molecule has 3 aromatic heterocycles. The summed E-state index contributed by atoms with van der Waals surface area (Å²) in [6.45, 7) is 3.86. The van der Waals surface area contributed by atoms with Crippen LogP contribution >= 0.6 is 0 Å². The summed E-state index contributed by atoms with van der Waals surface area (Å²) in [5.74, 6) is 0.576. The summed E-state index contributed by atoms with van der Waals surface area (Å²) >= 11 is 0. The van der Waals surface area contributed by atoms with Gasteiger partial charge in [0.15, 0.2) is 5.82 Å². The molecule has 0 aliphatic carbocycles. The molecule has 2 saturated heterocycles. The second-order valence-electron chi connectivity index (χ2n) is 8.98. The minimum Gasteiger partial charge on any atom is -0.494 e. The fraction of sp³-hybridized carbons (Fsp3) is 0.455. The molecule has 0 bridgehead atoms. The third-order valence-corrected chi connectivity index (χ3v) is 6.56. The zero-order valence-corrected chi connectivity index (χ0v) is 19.5. The molecule has 3 amide bonds. The standard InChI is InChI=1S/C22H26N8O4/c1-12-25-11-30(26-12)20-18-17(16(34-4)6-24-20)15(5-23-18)19(31)21(32)28-7-13-9-29(10-14(13)8-28)22(33)27(2)3/h5-6,11,13-14,23H,7-10H2,1-4H3. The van der Waals surface area contributed by atoms with Crippen LogP contribution in [-0.2, 0) is 4.79 Å². The molecule has 2 fully saturated rings. The van der Waals surface area contributed by atoms with E-state index in [2.05, 4.69) is 20.1 Å². The van der Waals surface area contributed by atoms with Crippen LogP contribution in [0.2, 0.25) is 0 Å². The first-order chi connectivity index (χ1) is 16.3. The lowest BCUT2D eigenvalue weighted by molar-refractivity contribution is -0.125. The van der Waals surface area contributed by atoms with Gasteiger partial charge in [-0.05, 0) is 6.92 Å². The van der Waals surface area contributed by atoms with Gasteiger partial charge in [-0.3, -0.25) is 9.59 Å². The lowest BCUT2D eigenvalue weighted by Gasteiger charge is -2.24. The zero-order valence-electron chi connectivity index (χ0n) is 19.5. The molecule has 0 saturated carbocycles. The number of aryl methyl sites for hydroxylation is 1. The van der Waals surface area contributed by atoms with Crippen molar-refractivity contribution in [2.75, 3.05) is 47.4 Å². The number of aromatic nitrogens is 5. The van der Waals surface area contributed by atoms with E-state index in [1.807, 2.05) is 4.90 Å². The number of ether oxygens (including phenoxy) is 1. The summed E-state index contributed by atoms with van der Waals surface area (Å²) in [7, 11) is 4.94. The van der Waals surface area contributed by atoms with Crippen LogP contribution in [0.15, 0.2) is 18.7 Å². The number of carbonyl (C=O) groups excluding carboxylic acids is 3. The summed E-state index contributed by atoms with van der Waals surface area (Å²) in [5.41, 5.74) is 0.746. The Labute approximate surface area is 195 Å². The molecule has 2 aliphatic rings. The highest BCUT2D eigenvalue weighted by Gasteiger charge is 2.44. The molecule has 178 valence electrons. The monoisotopic (exact) mass is 466 g/mol. The number of carbonyl (C=O) groups is 3. The lowest BCUT2D eigenvalue weighted by Crippen LogP contribution is -2.41. The maximum absolute atomic E-state index is 13.3. The van der Waals surface area contributed by atoms with Crippen molar-refractivity contribution in [3.63, 3.8) is 0 Å². The van der Waals surface area contributed by atoms with Crippen LogP contribution in [0.3, 0.4) is 0 Å². The van der Waals surface area contributed by atoms with Crippen LogP contribution in [0.1, 0.15) is 16.2 Å². The Balaban J connectivity index is 1.39. The van der Waals surface area contributed by atoms with Gasteiger partial charge >= 0.3 is 6.03 Å². The first-order valence-corrected chi connectivity index (χ1v) is 11.0. The molecule has 3 aromatic rings. The van der Waals surface area contributed by atoms with Crippen LogP contribution < -0.4 is 4.74 Å². The fourth-order valence-corrected chi connectivity index (χ4v) is 4.92. The molecule has 2 aliphatic heterocycles. The number of urea groups is 1. The van der Waals surface area contributed by atoms with Crippen LogP contribution in [0.5, 0.6) is 5.75 Å². The Bertz CT molecular complexity index is 1280. The molecule has 12 heteroatoms. The number of nitrogens with zero attached hydrogens (tertiary/aromatic N) is 7.